The van der Waals surface area contributed by atoms with Gasteiger partial charge in [0.2, 0.25) is 0 Å². The second-order valence-corrected chi connectivity index (χ2v) is 6.04. The number of ether oxygens (including phenoxy) is 1. The molecule has 0 saturated carbocycles. The zero-order valence-corrected chi connectivity index (χ0v) is 13.3. The summed E-state index contributed by atoms with van der Waals surface area (Å²) in [6, 6.07) is 7.52. The summed E-state index contributed by atoms with van der Waals surface area (Å²) in [6.07, 6.45) is 3.94. The average molecular weight is 317 g/mol. The fourth-order valence-electron chi connectivity index (χ4n) is 3.23. The molecular formula is C15H22Cl2N2O. The van der Waals surface area contributed by atoms with Gasteiger partial charge in [-0.2, -0.15) is 0 Å². The van der Waals surface area contributed by atoms with Gasteiger partial charge < -0.3 is 10.1 Å². The Morgan fingerprint density at radius 2 is 2.10 bits per heavy atom. The van der Waals surface area contributed by atoms with Gasteiger partial charge in [0.1, 0.15) is 5.75 Å². The Morgan fingerprint density at radius 1 is 1.30 bits per heavy atom. The number of likely N-dealkylation sites (tertiary alicyclic amines) is 1. The van der Waals surface area contributed by atoms with Gasteiger partial charge in [0, 0.05) is 31.7 Å². The molecule has 0 aliphatic carbocycles. The van der Waals surface area contributed by atoms with E-state index < -0.39 is 0 Å². The van der Waals surface area contributed by atoms with Crippen molar-refractivity contribution in [3.8, 4) is 5.75 Å². The van der Waals surface area contributed by atoms with Crippen LogP contribution in [0.1, 0.15) is 24.8 Å². The van der Waals surface area contributed by atoms with Crippen LogP contribution in [0.4, 0.5) is 0 Å². The number of methoxy groups -OCH3 is 1. The van der Waals surface area contributed by atoms with Gasteiger partial charge in [0.25, 0.3) is 0 Å². The Hall–Kier alpha value is -0.480. The molecule has 2 saturated heterocycles. The van der Waals surface area contributed by atoms with Gasteiger partial charge >= 0.3 is 0 Å². The summed E-state index contributed by atoms with van der Waals surface area (Å²) >= 11 is 6.19. The molecule has 112 valence electrons. The van der Waals surface area contributed by atoms with E-state index in [-0.39, 0.29) is 12.4 Å². The third-order valence-corrected chi connectivity index (χ3v) is 4.53. The summed E-state index contributed by atoms with van der Waals surface area (Å²) < 4.78 is 5.19. The molecule has 2 fully saturated rings. The maximum absolute atomic E-state index is 6.19. The molecule has 20 heavy (non-hydrogen) atoms. The highest BCUT2D eigenvalue weighted by Gasteiger charge is 2.29. The van der Waals surface area contributed by atoms with Crippen LogP contribution < -0.4 is 10.1 Å². The molecule has 0 amide bonds. The molecule has 1 aromatic rings. The predicted octanol–water partition coefficient (Wildman–Crippen LogP) is 3.10. The first-order valence-electron chi connectivity index (χ1n) is 7.05. The molecular weight excluding hydrogens is 295 g/mol. The van der Waals surface area contributed by atoms with Gasteiger partial charge in [-0.15, -0.1) is 12.4 Å². The van der Waals surface area contributed by atoms with E-state index in [1.165, 1.54) is 31.4 Å². The molecule has 2 aliphatic heterocycles. The molecule has 2 aliphatic rings. The topological polar surface area (TPSA) is 24.5 Å². The number of fused-ring (bicyclic) bond motifs is 2. The molecule has 2 heterocycles. The number of benzene rings is 1. The molecule has 3 nitrogen and oxygen atoms in total. The van der Waals surface area contributed by atoms with E-state index in [9.17, 15) is 0 Å². The number of halogens is 2. The second kappa shape index (κ2) is 6.99. The lowest BCUT2D eigenvalue weighted by atomic mass is 10.1. The van der Waals surface area contributed by atoms with E-state index in [2.05, 4.69) is 16.3 Å². The van der Waals surface area contributed by atoms with Crippen molar-refractivity contribution in [3.63, 3.8) is 0 Å². The Balaban J connectivity index is 0.00000147. The standard InChI is InChI=1S/C15H21ClN2O.ClH/c1-19-15-5-2-11(8-14(15)16)9-18-7-6-12-3-4-13(10-18)17-12;/h2,5,8,12-13,17H,3-4,6-7,9-10H2,1H3;1H. The van der Waals surface area contributed by atoms with Crippen molar-refractivity contribution in [2.45, 2.75) is 37.9 Å². The summed E-state index contributed by atoms with van der Waals surface area (Å²) in [7, 11) is 1.65. The van der Waals surface area contributed by atoms with Gasteiger partial charge in [-0.25, -0.2) is 0 Å². The Kier molecular flexibility index (Phi) is 5.56. The van der Waals surface area contributed by atoms with Crippen LogP contribution in [0.15, 0.2) is 18.2 Å². The van der Waals surface area contributed by atoms with Crippen molar-refractivity contribution in [2.24, 2.45) is 0 Å². The maximum Gasteiger partial charge on any atom is 0.137 e. The Bertz CT molecular complexity index is 455. The highest BCUT2D eigenvalue weighted by atomic mass is 35.5. The van der Waals surface area contributed by atoms with Crippen LogP contribution in [0.25, 0.3) is 0 Å². The van der Waals surface area contributed by atoms with Crippen LogP contribution in [0.5, 0.6) is 5.75 Å². The Labute approximate surface area is 132 Å². The molecule has 0 aromatic heterocycles. The smallest absolute Gasteiger partial charge is 0.137 e. The van der Waals surface area contributed by atoms with Gasteiger partial charge in [0.05, 0.1) is 12.1 Å². The van der Waals surface area contributed by atoms with Crippen LogP contribution in [0, 0.1) is 0 Å². The molecule has 2 unspecified atom stereocenters. The number of hydrogen-bond acceptors (Lipinski definition) is 3. The molecule has 0 spiro atoms. The van der Waals surface area contributed by atoms with E-state index in [0.717, 1.165) is 24.9 Å². The number of hydrogen-bond donors (Lipinski definition) is 1. The molecule has 1 N–H and O–H groups in total. The summed E-state index contributed by atoms with van der Waals surface area (Å²) in [5.41, 5.74) is 1.27. The lowest BCUT2D eigenvalue weighted by Crippen LogP contribution is -2.34. The second-order valence-electron chi connectivity index (χ2n) is 5.63. The largest absolute Gasteiger partial charge is 0.495 e. The van der Waals surface area contributed by atoms with Crippen molar-refractivity contribution in [1.82, 2.24) is 10.2 Å². The van der Waals surface area contributed by atoms with Crippen molar-refractivity contribution in [3.05, 3.63) is 28.8 Å². The highest BCUT2D eigenvalue weighted by Crippen LogP contribution is 2.26. The summed E-state index contributed by atoms with van der Waals surface area (Å²) in [4.78, 5) is 2.54. The third kappa shape index (κ3) is 3.59. The average Bonchev–Trinajstić information content (AvgIpc) is 2.73. The fraction of sp³-hybridized carbons (Fsp3) is 0.600. The monoisotopic (exact) mass is 316 g/mol. The zero-order chi connectivity index (χ0) is 13.2. The Morgan fingerprint density at radius 3 is 2.85 bits per heavy atom. The van der Waals surface area contributed by atoms with Gasteiger partial charge in [-0.1, -0.05) is 17.7 Å². The highest BCUT2D eigenvalue weighted by molar-refractivity contribution is 6.32. The molecule has 2 bridgehead atoms. The molecule has 3 rings (SSSR count). The summed E-state index contributed by atoms with van der Waals surface area (Å²) in [5.74, 6) is 0.752. The lowest BCUT2D eigenvalue weighted by molar-refractivity contribution is 0.251. The minimum atomic E-state index is 0. The third-order valence-electron chi connectivity index (χ3n) is 4.23. The quantitative estimate of drug-likeness (QED) is 0.927. The van der Waals surface area contributed by atoms with Crippen LogP contribution in [0.2, 0.25) is 5.02 Å². The van der Waals surface area contributed by atoms with Gasteiger partial charge in [-0.05, 0) is 37.0 Å². The molecule has 2 atom stereocenters. The lowest BCUT2D eigenvalue weighted by Gasteiger charge is -2.24. The predicted molar refractivity (Wildman–Crippen MR) is 85.1 cm³/mol. The normalized spacial score (nSPS) is 25.9. The van der Waals surface area contributed by atoms with Crippen LogP contribution >= 0.6 is 24.0 Å². The van der Waals surface area contributed by atoms with Crippen LogP contribution in [-0.2, 0) is 6.54 Å². The van der Waals surface area contributed by atoms with Crippen LogP contribution in [-0.4, -0.2) is 37.2 Å². The zero-order valence-electron chi connectivity index (χ0n) is 11.8. The number of nitrogens with one attached hydrogen (secondary N) is 1. The SMILES string of the molecule is COc1ccc(CN2CCC3CCC(C2)N3)cc1Cl.Cl. The molecule has 0 radical (unpaired) electrons. The summed E-state index contributed by atoms with van der Waals surface area (Å²) in [6.45, 7) is 3.31. The fourth-order valence-corrected chi connectivity index (χ4v) is 3.51. The first-order chi connectivity index (χ1) is 9.24. The number of nitrogens with zero attached hydrogens (tertiary/aromatic N) is 1. The van der Waals surface area contributed by atoms with Crippen molar-refractivity contribution >= 4 is 24.0 Å². The van der Waals surface area contributed by atoms with E-state index >= 15 is 0 Å². The maximum atomic E-state index is 6.19. The van der Waals surface area contributed by atoms with Crippen molar-refractivity contribution in [2.75, 3.05) is 20.2 Å². The van der Waals surface area contributed by atoms with Gasteiger partial charge in [0.15, 0.2) is 0 Å². The minimum absolute atomic E-state index is 0. The van der Waals surface area contributed by atoms with Crippen LogP contribution in [0.3, 0.4) is 0 Å². The van der Waals surface area contributed by atoms with E-state index in [4.69, 9.17) is 16.3 Å². The van der Waals surface area contributed by atoms with E-state index in [1.807, 2.05) is 12.1 Å². The molecule has 1 aromatic carbocycles. The van der Waals surface area contributed by atoms with E-state index in [1.54, 1.807) is 7.11 Å². The van der Waals surface area contributed by atoms with Crippen molar-refractivity contribution in [1.29, 1.82) is 0 Å². The minimum Gasteiger partial charge on any atom is -0.495 e. The first-order valence-corrected chi connectivity index (χ1v) is 7.43. The number of rotatable bonds is 3. The van der Waals surface area contributed by atoms with Gasteiger partial charge in [-0.3, -0.25) is 4.90 Å². The molecule has 5 heteroatoms. The van der Waals surface area contributed by atoms with Crippen molar-refractivity contribution < 1.29 is 4.74 Å². The van der Waals surface area contributed by atoms with E-state index in [0.29, 0.717) is 11.1 Å². The summed E-state index contributed by atoms with van der Waals surface area (Å²) in [5, 5.41) is 4.41. The first kappa shape index (κ1) is 15.9.